The van der Waals surface area contributed by atoms with Crippen LogP contribution in [-0.4, -0.2) is 41.5 Å². The topological polar surface area (TPSA) is 44.0 Å². The first-order valence-electron chi connectivity index (χ1n) is 6.88. The normalized spacial score (nSPS) is 20.2. The van der Waals surface area contributed by atoms with E-state index in [2.05, 4.69) is 69.4 Å². The van der Waals surface area contributed by atoms with Crippen LogP contribution in [0.15, 0.2) is 28.7 Å². The minimum absolute atomic E-state index is 0.326. The van der Waals surface area contributed by atoms with Crippen molar-refractivity contribution in [1.82, 2.24) is 20.2 Å². The first kappa shape index (κ1) is 13.8. The summed E-state index contributed by atoms with van der Waals surface area (Å²) in [6.45, 7) is 5.14. The van der Waals surface area contributed by atoms with Gasteiger partial charge in [0.15, 0.2) is 0 Å². The first-order valence-corrected chi connectivity index (χ1v) is 7.68. The number of nitrogens with one attached hydrogen (secondary N) is 2. The van der Waals surface area contributed by atoms with Gasteiger partial charge in [-0.15, -0.1) is 0 Å². The minimum Gasteiger partial charge on any atom is -0.344 e. The zero-order chi connectivity index (χ0) is 14.1. The molecule has 20 heavy (non-hydrogen) atoms. The Balaban J connectivity index is 1.92. The maximum Gasteiger partial charge on any atom is 0.125 e. The van der Waals surface area contributed by atoms with Gasteiger partial charge in [0.25, 0.3) is 0 Å². The minimum atomic E-state index is 0.326. The number of hydrogen-bond acceptors (Lipinski definition) is 3. The Hall–Kier alpha value is -1.17. The molecule has 1 fully saturated rings. The number of piperazine rings is 1. The van der Waals surface area contributed by atoms with Gasteiger partial charge < -0.3 is 10.3 Å². The highest BCUT2D eigenvalue weighted by molar-refractivity contribution is 9.10. The summed E-state index contributed by atoms with van der Waals surface area (Å²) < 4.78 is 1.09. The van der Waals surface area contributed by atoms with Crippen molar-refractivity contribution >= 4 is 15.9 Å². The number of halogens is 1. The van der Waals surface area contributed by atoms with E-state index in [1.54, 1.807) is 0 Å². The second-order valence-electron chi connectivity index (χ2n) is 5.30. The second-order valence-corrected chi connectivity index (χ2v) is 6.22. The number of rotatable bonds is 2. The summed E-state index contributed by atoms with van der Waals surface area (Å²) in [7, 11) is 2.16. The number of aryl methyl sites for hydroxylation is 1. The predicted octanol–water partition coefficient (Wildman–Crippen LogP) is 2.72. The number of aromatic amines is 1. The summed E-state index contributed by atoms with van der Waals surface area (Å²) >= 11 is 3.47. The molecule has 1 unspecified atom stereocenters. The highest BCUT2D eigenvalue weighted by Gasteiger charge is 2.24. The Labute approximate surface area is 127 Å². The molecule has 1 aromatic heterocycles. The summed E-state index contributed by atoms with van der Waals surface area (Å²) in [6, 6.07) is 8.63. The summed E-state index contributed by atoms with van der Waals surface area (Å²) in [4.78, 5) is 10.6. The molecule has 5 heteroatoms. The van der Waals surface area contributed by atoms with Gasteiger partial charge in [-0.3, -0.25) is 4.90 Å². The lowest BCUT2D eigenvalue weighted by Crippen LogP contribution is -2.44. The molecular weight excluding hydrogens is 316 g/mol. The Morgan fingerprint density at radius 1 is 1.30 bits per heavy atom. The van der Waals surface area contributed by atoms with Crippen LogP contribution in [0.25, 0.3) is 11.3 Å². The van der Waals surface area contributed by atoms with E-state index in [4.69, 9.17) is 4.98 Å². The molecule has 2 N–H and O–H groups in total. The zero-order valence-electron chi connectivity index (χ0n) is 11.8. The number of likely N-dealkylation sites (N-methyl/N-ethyl adjacent to an activating group) is 1. The summed E-state index contributed by atoms with van der Waals surface area (Å²) in [6.07, 6.45) is 0. The van der Waals surface area contributed by atoms with Crippen LogP contribution >= 0.6 is 15.9 Å². The summed E-state index contributed by atoms with van der Waals surface area (Å²) in [5, 5.41) is 3.43. The third-order valence-corrected chi connectivity index (χ3v) is 4.38. The molecule has 1 aromatic carbocycles. The number of aromatic nitrogens is 2. The number of H-pyrrole nitrogens is 1. The molecule has 0 saturated carbocycles. The Morgan fingerprint density at radius 3 is 2.75 bits per heavy atom. The first-order chi connectivity index (χ1) is 9.65. The molecule has 0 radical (unpaired) electrons. The molecule has 3 rings (SSSR count). The fraction of sp³-hybridized carbons (Fsp3) is 0.400. The van der Waals surface area contributed by atoms with E-state index < -0.39 is 0 Å². The van der Waals surface area contributed by atoms with Gasteiger partial charge in [0.1, 0.15) is 5.82 Å². The van der Waals surface area contributed by atoms with E-state index >= 15 is 0 Å². The number of hydrogen-bond donors (Lipinski definition) is 2. The number of imidazole rings is 1. The quantitative estimate of drug-likeness (QED) is 0.887. The fourth-order valence-electron chi connectivity index (χ4n) is 2.64. The summed E-state index contributed by atoms with van der Waals surface area (Å²) in [5.41, 5.74) is 3.33. The smallest absolute Gasteiger partial charge is 0.125 e. The Kier molecular flexibility index (Phi) is 3.92. The Morgan fingerprint density at radius 2 is 2.05 bits per heavy atom. The van der Waals surface area contributed by atoms with E-state index in [9.17, 15) is 0 Å². The maximum absolute atomic E-state index is 4.83. The van der Waals surface area contributed by atoms with Gasteiger partial charge in [0, 0.05) is 35.4 Å². The molecule has 2 heterocycles. The van der Waals surface area contributed by atoms with Crippen LogP contribution in [0.4, 0.5) is 0 Å². The van der Waals surface area contributed by atoms with Gasteiger partial charge >= 0.3 is 0 Å². The van der Waals surface area contributed by atoms with Crippen molar-refractivity contribution in [3.05, 3.63) is 40.3 Å². The average Bonchev–Trinajstić information content (AvgIpc) is 2.82. The van der Waals surface area contributed by atoms with Crippen LogP contribution in [0.3, 0.4) is 0 Å². The van der Waals surface area contributed by atoms with Gasteiger partial charge in [0.2, 0.25) is 0 Å². The number of benzene rings is 1. The van der Waals surface area contributed by atoms with E-state index in [0.717, 1.165) is 46.9 Å². The molecule has 0 amide bonds. The van der Waals surface area contributed by atoms with Crippen molar-refractivity contribution in [2.24, 2.45) is 0 Å². The van der Waals surface area contributed by atoms with E-state index in [1.807, 2.05) is 0 Å². The van der Waals surface area contributed by atoms with Crippen LogP contribution in [0, 0.1) is 6.92 Å². The third kappa shape index (κ3) is 2.66. The van der Waals surface area contributed by atoms with Gasteiger partial charge in [-0.2, -0.15) is 0 Å². The molecule has 1 aliphatic heterocycles. The largest absolute Gasteiger partial charge is 0.344 e. The van der Waals surface area contributed by atoms with Gasteiger partial charge in [-0.05, 0) is 26.1 Å². The van der Waals surface area contributed by atoms with Crippen LogP contribution in [0.5, 0.6) is 0 Å². The molecule has 0 spiro atoms. The van der Waals surface area contributed by atoms with Gasteiger partial charge in [-0.25, -0.2) is 4.98 Å². The summed E-state index contributed by atoms with van der Waals surface area (Å²) in [5.74, 6) is 1.05. The van der Waals surface area contributed by atoms with Crippen LogP contribution in [0.1, 0.15) is 17.6 Å². The standard InChI is InChI=1S/C15H19BrN4/c1-10-14(11-3-5-12(16)6-4-11)19-15(18-10)13-9-17-7-8-20(13)2/h3-6,13,17H,7-9H2,1-2H3,(H,18,19). The number of nitrogens with zero attached hydrogens (tertiary/aromatic N) is 2. The average molecular weight is 335 g/mol. The van der Waals surface area contributed by atoms with Crippen molar-refractivity contribution in [2.75, 3.05) is 26.7 Å². The van der Waals surface area contributed by atoms with Crippen molar-refractivity contribution in [3.63, 3.8) is 0 Å². The monoisotopic (exact) mass is 334 g/mol. The SMILES string of the molecule is Cc1[nH]c(C2CNCCN2C)nc1-c1ccc(Br)cc1. The van der Waals surface area contributed by atoms with Gasteiger partial charge in [0.05, 0.1) is 11.7 Å². The van der Waals surface area contributed by atoms with Crippen molar-refractivity contribution in [1.29, 1.82) is 0 Å². The zero-order valence-corrected chi connectivity index (χ0v) is 13.4. The lowest BCUT2D eigenvalue weighted by molar-refractivity contribution is 0.195. The van der Waals surface area contributed by atoms with E-state index in [0.29, 0.717) is 6.04 Å². The van der Waals surface area contributed by atoms with Crippen LogP contribution in [0.2, 0.25) is 0 Å². The van der Waals surface area contributed by atoms with Crippen molar-refractivity contribution in [2.45, 2.75) is 13.0 Å². The predicted molar refractivity (Wildman–Crippen MR) is 84.7 cm³/mol. The van der Waals surface area contributed by atoms with Crippen molar-refractivity contribution in [3.8, 4) is 11.3 Å². The van der Waals surface area contributed by atoms with Crippen molar-refractivity contribution < 1.29 is 0 Å². The Bertz CT molecular complexity index is 590. The second kappa shape index (κ2) is 5.68. The molecule has 1 atom stereocenters. The van der Waals surface area contributed by atoms with E-state index in [1.165, 1.54) is 0 Å². The highest BCUT2D eigenvalue weighted by atomic mass is 79.9. The molecule has 106 valence electrons. The van der Waals surface area contributed by atoms with Gasteiger partial charge in [-0.1, -0.05) is 28.1 Å². The molecule has 0 bridgehead atoms. The molecular formula is C15H19BrN4. The maximum atomic E-state index is 4.83. The van der Waals surface area contributed by atoms with Crippen LogP contribution < -0.4 is 5.32 Å². The highest BCUT2D eigenvalue weighted by Crippen LogP contribution is 2.26. The molecule has 2 aromatic rings. The molecule has 0 aliphatic carbocycles. The molecule has 1 saturated heterocycles. The van der Waals surface area contributed by atoms with Crippen LogP contribution in [-0.2, 0) is 0 Å². The fourth-order valence-corrected chi connectivity index (χ4v) is 2.91. The van der Waals surface area contributed by atoms with E-state index in [-0.39, 0.29) is 0 Å². The lowest BCUT2D eigenvalue weighted by atomic mass is 10.1. The molecule has 1 aliphatic rings. The third-order valence-electron chi connectivity index (χ3n) is 3.85. The lowest BCUT2D eigenvalue weighted by Gasteiger charge is -2.31. The molecule has 4 nitrogen and oxygen atoms in total.